The fourth-order valence-corrected chi connectivity index (χ4v) is 1.92. The molecule has 8 heteroatoms. The van der Waals surface area contributed by atoms with E-state index in [1.54, 1.807) is 6.07 Å². The number of carboxylic acids is 2. The van der Waals surface area contributed by atoms with Crippen molar-refractivity contribution >= 4 is 11.9 Å². The van der Waals surface area contributed by atoms with Crippen LogP contribution in [0.15, 0.2) is 24.3 Å². The van der Waals surface area contributed by atoms with Crippen molar-refractivity contribution in [3.63, 3.8) is 0 Å². The smallest absolute Gasteiger partial charge is 0.416 e. The molecule has 21 heavy (non-hydrogen) atoms. The molecule has 112 valence electrons. The van der Waals surface area contributed by atoms with Crippen LogP contribution in [0, 0.1) is 11.3 Å². The lowest BCUT2D eigenvalue weighted by Gasteiger charge is -2.24. The molecule has 0 heterocycles. The molecule has 0 aliphatic heterocycles. The molecule has 1 aromatic rings. The third-order valence-corrected chi connectivity index (χ3v) is 2.86. The van der Waals surface area contributed by atoms with Gasteiger partial charge in [0.05, 0.1) is 24.5 Å². The van der Waals surface area contributed by atoms with Gasteiger partial charge in [-0.15, -0.1) is 0 Å². The van der Waals surface area contributed by atoms with E-state index in [0.29, 0.717) is 6.07 Å². The van der Waals surface area contributed by atoms with Gasteiger partial charge in [0.15, 0.2) is 0 Å². The van der Waals surface area contributed by atoms with Gasteiger partial charge in [-0.05, 0) is 11.6 Å². The van der Waals surface area contributed by atoms with Crippen LogP contribution in [-0.2, 0) is 21.2 Å². The van der Waals surface area contributed by atoms with Crippen LogP contribution in [-0.4, -0.2) is 22.2 Å². The largest absolute Gasteiger partial charge is 0.481 e. The van der Waals surface area contributed by atoms with Gasteiger partial charge in [0, 0.05) is 0 Å². The molecule has 0 aliphatic rings. The van der Waals surface area contributed by atoms with Crippen LogP contribution in [0.1, 0.15) is 24.0 Å². The number of nitrogens with zero attached hydrogens (tertiary/aromatic N) is 1. The number of carboxylic acid groups (broad SMARTS) is 2. The molecule has 0 saturated heterocycles. The van der Waals surface area contributed by atoms with Crippen molar-refractivity contribution in [2.75, 3.05) is 0 Å². The van der Waals surface area contributed by atoms with Crippen LogP contribution >= 0.6 is 0 Å². The second-order valence-electron chi connectivity index (χ2n) is 4.41. The molecule has 0 spiro atoms. The van der Waals surface area contributed by atoms with Crippen molar-refractivity contribution in [3.05, 3.63) is 35.4 Å². The summed E-state index contributed by atoms with van der Waals surface area (Å²) >= 11 is 0. The highest BCUT2D eigenvalue weighted by molar-refractivity contribution is 5.75. The first kappa shape index (κ1) is 16.5. The van der Waals surface area contributed by atoms with E-state index in [9.17, 15) is 22.8 Å². The Bertz CT molecular complexity index is 588. The van der Waals surface area contributed by atoms with Gasteiger partial charge in [-0.1, -0.05) is 18.2 Å². The van der Waals surface area contributed by atoms with Gasteiger partial charge < -0.3 is 10.2 Å². The van der Waals surface area contributed by atoms with E-state index in [0.717, 1.165) is 18.2 Å². The predicted molar refractivity (Wildman–Crippen MR) is 63.2 cm³/mol. The quantitative estimate of drug-likeness (QED) is 0.870. The maximum atomic E-state index is 12.7. The average Bonchev–Trinajstić information content (AvgIpc) is 2.36. The fraction of sp³-hybridized carbons (Fsp3) is 0.308. The molecule has 0 bridgehead atoms. The van der Waals surface area contributed by atoms with Crippen molar-refractivity contribution in [2.45, 2.75) is 24.4 Å². The van der Waals surface area contributed by atoms with Crippen LogP contribution in [0.25, 0.3) is 0 Å². The zero-order chi connectivity index (χ0) is 16.3. The molecule has 0 saturated carbocycles. The number of alkyl halides is 3. The van der Waals surface area contributed by atoms with E-state index in [4.69, 9.17) is 15.5 Å². The molecule has 0 amide bonds. The highest BCUT2D eigenvalue weighted by Crippen LogP contribution is 2.36. The minimum Gasteiger partial charge on any atom is -0.481 e. The van der Waals surface area contributed by atoms with Gasteiger partial charge in [-0.2, -0.15) is 18.4 Å². The van der Waals surface area contributed by atoms with Crippen LogP contribution in [0.5, 0.6) is 0 Å². The van der Waals surface area contributed by atoms with E-state index in [1.807, 2.05) is 0 Å². The van der Waals surface area contributed by atoms with Gasteiger partial charge in [0.2, 0.25) is 0 Å². The lowest BCUT2D eigenvalue weighted by atomic mass is 9.75. The van der Waals surface area contributed by atoms with Gasteiger partial charge in [0.25, 0.3) is 0 Å². The molecule has 0 radical (unpaired) electrons. The van der Waals surface area contributed by atoms with Crippen molar-refractivity contribution in [1.29, 1.82) is 5.26 Å². The van der Waals surface area contributed by atoms with Crippen molar-refractivity contribution < 1.29 is 33.0 Å². The number of rotatable bonds is 5. The van der Waals surface area contributed by atoms with Gasteiger partial charge in [-0.25, -0.2) is 0 Å². The third-order valence-electron chi connectivity index (χ3n) is 2.86. The molecule has 1 rings (SSSR count). The van der Waals surface area contributed by atoms with Crippen LogP contribution < -0.4 is 0 Å². The molecule has 5 nitrogen and oxygen atoms in total. The number of hydrogen-bond acceptors (Lipinski definition) is 3. The molecule has 0 aromatic heterocycles. The highest BCUT2D eigenvalue weighted by Gasteiger charge is 2.39. The first-order chi connectivity index (χ1) is 9.60. The number of hydrogen-bond donors (Lipinski definition) is 2. The molecule has 0 aliphatic carbocycles. The SMILES string of the molecule is N#CC(CC(=O)O)(CC(=O)O)c1cccc(C(F)(F)F)c1. The van der Waals surface area contributed by atoms with Crippen LogP contribution in [0.2, 0.25) is 0 Å². The lowest BCUT2D eigenvalue weighted by Crippen LogP contribution is -2.31. The summed E-state index contributed by atoms with van der Waals surface area (Å²) in [5.74, 6) is -2.95. The Kier molecular flexibility index (Phi) is 4.58. The Morgan fingerprint density at radius 1 is 1.10 bits per heavy atom. The minimum atomic E-state index is -4.68. The van der Waals surface area contributed by atoms with E-state index in [1.165, 1.54) is 0 Å². The number of carbonyl (C=O) groups is 2. The first-order valence-electron chi connectivity index (χ1n) is 5.63. The minimum absolute atomic E-state index is 0.287. The van der Waals surface area contributed by atoms with E-state index >= 15 is 0 Å². The summed E-state index contributed by atoms with van der Waals surface area (Å²) in [7, 11) is 0. The summed E-state index contributed by atoms with van der Waals surface area (Å²) in [5, 5.41) is 26.8. The van der Waals surface area contributed by atoms with Gasteiger partial charge >= 0.3 is 18.1 Å². The van der Waals surface area contributed by atoms with Gasteiger partial charge in [0.1, 0.15) is 5.41 Å². The lowest BCUT2D eigenvalue weighted by molar-refractivity contribution is -0.140. The molecule has 1 aromatic carbocycles. The summed E-state index contributed by atoms with van der Waals surface area (Å²) in [5.41, 5.74) is -3.42. The van der Waals surface area contributed by atoms with Crippen molar-refractivity contribution in [1.82, 2.24) is 0 Å². The zero-order valence-corrected chi connectivity index (χ0v) is 10.5. The average molecular weight is 301 g/mol. The summed E-state index contributed by atoms with van der Waals surface area (Å²) in [6, 6.07) is 5.03. The molecular formula is C13H10F3NO4. The molecule has 0 unspecified atom stereocenters. The van der Waals surface area contributed by atoms with Crippen molar-refractivity contribution in [2.24, 2.45) is 0 Å². The Hall–Kier alpha value is -2.56. The first-order valence-corrected chi connectivity index (χ1v) is 5.63. The topological polar surface area (TPSA) is 98.4 Å². The van der Waals surface area contributed by atoms with Crippen LogP contribution in [0.3, 0.4) is 0 Å². The molecule has 2 N–H and O–H groups in total. The highest BCUT2D eigenvalue weighted by atomic mass is 19.4. The van der Waals surface area contributed by atoms with Crippen LogP contribution in [0.4, 0.5) is 13.2 Å². The predicted octanol–water partition coefficient (Wildman–Crippen LogP) is 2.42. The zero-order valence-electron chi connectivity index (χ0n) is 10.5. The number of benzene rings is 1. The van der Waals surface area contributed by atoms with E-state index in [-0.39, 0.29) is 5.56 Å². The van der Waals surface area contributed by atoms with Gasteiger partial charge in [-0.3, -0.25) is 9.59 Å². The molecule has 0 fully saturated rings. The Morgan fingerprint density at radius 3 is 1.95 bits per heavy atom. The Labute approximate surface area is 117 Å². The van der Waals surface area contributed by atoms with E-state index in [2.05, 4.69) is 0 Å². The second kappa shape index (κ2) is 5.83. The molecular weight excluding hydrogens is 291 g/mol. The maximum absolute atomic E-state index is 12.7. The summed E-state index contributed by atoms with van der Waals surface area (Å²) in [4.78, 5) is 21.7. The summed E-state index contributed by atoms with van der Waals surface area (Å²) < 4.78 is 38.0. The number of aliphatic carboxylic acids is 2. The number of halogens is 3. The summed E-state index contributed by atoms with van der Waals surface area (Å²) in [6.07, 6.45) is -6.49. The molecule has 0 atom stereocenters. The number of nitriles is 1. The van der Waals surface area contributed by atoms with Crippen molar-refractivity contribution in [3.8, 4) is 6.07 Å². The monoisotopic (exact) mass is 301 g/mol. The second-order valence-corrected chi connectivity index (χ2v) is 4.41. The maximum Gasteiger partial charge on any atom is 0.416 e. The van der Waals surface area contributed by atoms with E-state index < -0.39 is 41.9 Å². The Morgan fingerprint density at radius 2 is 1.57 bits per heavy atom. The standard InChI is InChI=1S/C13H10F3NO4/c14-13(15,16)9-3-1-2-8(4-9)12(7-17,5-10(18)19)6-11(20)21/h1-4H,5-6H2,(H,18,19)(H,20,21). The summed E-state index contributed by atoms with van der Waals surface area (Å²) in [6.45, 7) is 0. The Balaban J connectivity index is 3.42. The fourth-order valence-electron chi connectivity index (χ4n) is 1.92. The third kappa shape index (κ3) is 3.95. The normalized spacial score (nSPS) is 11.7.